The first-order chi connectivity index (χ1) is 8.58. The van der Waals surface area contributed by atoms with Gasteiger partial charge in [0.15, 0.2) is 0 Å². The van der Waals surface area contributed by atoms with Gasteiger partial charge in [0.25, 0.3) is 0 Å². The molecule has 0 aliphatic carbocycles. The SMILES string of the molecule is Cc1nonc1COc1ccc(Cl)cc1[C@H](C)O. The maximum absolute atomic E-state index is 9.66. The summed E-state index contributed by atoms with van der Waals surface area (Å²) in [6.07, 6.45) is -0.657. The Kier molecular flexibility index (Phi) is 3.84. The van der Waals surface area contributed by atoms with Crippen LogP contribution in [0.2, 0.25) is 5.02 Å². The highest BCUT2D eigenvalue weighted by atomic mass is 35.5. The Hall–Kier alpha value is -1.59. The van der Waals surface area contributed by atoms with Crippen LogP contribution in [0.1, 0.15) is 30.0 Å². The van der Waals surface area contributed by atoms with Crippen LogP contribution < -0.4 is 4.74 Å². The van der Waals surface area contributed by atoms with Crippen LogP contribution in [0.5, 0.6) is 5.75 Å². The molecule has 18 heavy (non-hydrogen) atoms. The van der Waals surface area contributed by atoms with Crippen LogP contribution in [0.25, 0.3) is 0 Å². The van der Waals surface area contributed by atoms with Crippen molar-refractivity contribution in [2.45, 2.75) is 26.6 Å². The van der Waals surface area contributed by atoms with Crippen LogP contribution in [-0.4, -0.2) is 15.4 Å². The van der Waals surface area contributed by atoms with Gasteiger partial charge in [-0.25, -0.2) is 4.63 Å². The van der Waals surface area contributed by atoms with E-state index in [9.17, 15) is 5.11 Å². The summed E-state index contributed by atoms with van der Waals surface area (Å²) in [5, 5.41) is 17.6. The number of rotatable bonds is 4. The molecule has 1 N–H and O–H groups in total. The lowest BCUT2D eigenvalue weighted by Gasteiger charge is -2.13. The lowest BCUT2D eigenvalue weighted by atomic mass is 10.1. The van der Waals surface area contributed by atoms with Crippen molar-refractivity contribution in [3.8, 4) is 5.75 Å². The number of aromatic nitrogens is 2. The molecule has 0 bridgehead atoms. The van der Waals surface area contributed by atoms with Crippen LogP contribution in [0.4, 0.5) is 0 Å². The Bertz CT molecular complexity index is 540. The van der Waals surface area contributed by atoms with Crippen molar-refractivity contribution in [1.29, 1.82) is 0 Å². The molecular weight excluding hydrogens is 256 g/mol. The molecule has 0 spiro atoms. The molecule has 0 fully saturated rings. The predicted octanol–water partition coefficient (Wildman–Crippen LogP) is 2.66. The molecule has 0 aliphatic heterocycles. The summed E-state index contributed by atoms with van der Waals surface area (Å²) in [6.45, 7) is 3.67. The van der Waals surface area contributed by atoms with Gasteiger partial charge in [-0.1, -0.05) is 21.9 Å². The molecule has 5 nitrogen and oxygen atoms in total. The van der Waals surface area contributed by atoms with Crippen LogP contribution >= 0.6 is 11.6 Å². The summed E-state index contributed by atoms with van der Waals surface area (Å²) in [7, 11) is 0. The first-order valence-corrected chi connectivity index (χ1v) is 5.84. The molecule has 0 radical (unpaired) electrons. The molecule has 96 valence electrons. The molecule has 0 unspecified atom stereocenters. The molecule has 0 aliphatic rings. The van der Waals surface area contributed by atoms with E-state index in [0.717, 1.165) is 0 Å². The minimum Gasteiger partial charge on any atom is -0.487 e. The van der Waals surface area contributed by atoms with E-state index in [4.69, 9.17) is 16.3 Å². The first-order valence-electron chi connectivity index (χ1n) is 5.46. The van der Waals surface area contributed by atoms with E-state index >= 15 is 0 Å². The van der Waals surface area contributed by atoms with E-state index < -0.39 is 6.10 Å². The minimum atomic E-state index is -0.657. The van der Waals surface area contributed by atoms with Gasteiger partial charge in [-0.15, -0.1) is 0 Å². The summed E-state index contributed by atoms with van der Waals surface area (Å²) in [4.78, 5) is 0. The largest absolute Gasteiger partial charge is 0.487 e. The van der Waals surface area contributed by atoms with Gasteiger partial charge in [0.1, 0.15) is 23.7 Å². The zero-order valence-electron chi connectivity index (χ0n) is 10.1. The molecule has 2 rings (SSSR count). The Morgan fingerprint density at radius 3 is 2.83 bits per heavy atom. The number of nitrogens with zero attached hydrogens (tertiary/aromatic N) is 2. The van der Waals surface area contributed by atoms with Crippen LogP contribution in [0, 0.1) is 6.92 Å². The van der Waals surface area contributed by atoms with E-state index in [-0.39, 0.29) is 6.61 Å². The number of benzene rings is 1. The molecule has 0 saturated heterocycles. The number of aliphatic hydroxyl groups excluding tert-OH is 1. The number of hydrogen-bond donors (Lipinski definition) is 1. The number of aryl methyl sites for hydroxylation is 1. The van der Waals surface area contributed by atoms with Gasteiger partial charge in [0.05, 0.1) is 6.10 Å². The van der Waals surface area contributed by atoms with Crippen molar-refractivity contribution in [3.05, 3.63) is 40.2 Å². The van der Waals surface area contributed by atoms with Gasteiger partial charge < -0.3 is 9.84 Å². The summed E-state index contributed by atoms with van der Waals surface area (Å²) in [5.41, 5.74) is 1.95. The van der Waals surface area contributed by atoms with Gasteiger partial charge in [0, 0.05) is 10.6 Å². The highest BCUT2D eigenvalue weighted by Crippen LogP contribution is 2.28. The second kappa shape index (κ2) is 5.37. The first kappa shape index (κ1) is 12.9. The number of halogens is 1. The maximum Gasteiger partial charge on any atom is 0.145 e. The lowest BCUT2D eigenvalue weighted by molar-refractivity contribution is 0.189. The molecule has 1 aromatic heterocycles. The number of hydrogen-bond acceptors (Lipinski definition) is 5. The fourth-order valence-corrected chi connectivity index (χ4v) is 1.68. The maximum atomic E-state index is 9.66. The van der Waals surface area contributed by atoms with Gasteiger partial charge in [-0.3, -0.25) is 0 Å². The van der Waals surface area contributed by atoms with E-state index in [1.165, 1.54) is 0 Å². The third-order valence-corrected chi connectivity index (χ3v) is 2.77. The van der Waals surface area contributed by atoms with Crippen LogP contribution in [0.15, 0.2) is 22.8 Å². The Morgan fingerprint density at radius 2 is 2.22 bits per heavy atom. The smallest absolute Gasteiger partial charge is 0.145 e. The second-order valence-corrected chi connectivity index (χ2v) is 4.38. The van der Waals surface area contributed by atoms with Crippen molar-refractivity contribution < 1.29 is 14.5 Å². The fraction of sp³-hybridized carbons (Fsp3) is 0.333. The number of ether oxygens (including phenoxy) is 1. The summed E-state index contributed by atoms with van der Waals surface area (Å²) in [6, 6.07) is 5.10. The van der Waals surface area contributed by atoms with Gasteiger partial charge in [-0.2, -0.15) is 0 Å². The standard InChI is InChI=1S/C12H13ClN2O3/c1-7-11(15-18-14-7)6-17-12-4-3-9(13)5-10(12)8(2)16/h3-5,8,16H,6H2,1-2H3/t8-/m0/s1. The van der Waals surface area contributed by atoms with E-state index in [1.807, 2.05) is 0 Å². The molecule has 1 aromatic carbocycles. The monoisotopic (exact) mass is 268 g/mol. The van der Waals surface area contributed by atoms with Crippen molar-refractivity contribution in [3.63, 3.8) is 0 Å². The number of aliphatic hydroxyl groups is 1. The summed E-state index contributed by atoms with van der Waals surface area (Å²) >= 11 is 5.88. The minimum absolute atomic E-state index is 0.233. The third kappa shape index (κ3) is 2.80. The van der Waals surface area contributed by atoms with E-state index in [1.54, 1.807) is 32.0 Å². The fourth-order valence-electron chi connectivity index (χ4n) is 1.50. The Labute approximate surface area is 109 Å². The molecule has 6 heteroatoms. The Morgan fingerprint density at radius 1 is 1.44 bits per heavy atom. The lowest BCUT2D eigenvalue weighted by Crippen LogP contribution is -2.02. The van der Waals surface area contributed by atoms with E-state index in [0.29, 0.717) is 27.7 Å². The molecular formula is C12H13ClN2O3. The molecule has 2 aromatic rings. The van der Waals surface area contributed by atoms with Crippen molar-refractivity contribution in [1.82, 2.24) is 10.3 Å². The highest BCUT2D eigenvalue weighted by Gasteiger charge is 2.12. The van der Waals surface area contributed by atoms with E-state index in [2.05, 4.69) is 14.9 Å². The zero-order chi connectivity index (χ0) is 13.1. The topological polar surface area (TPSA) is 68.4 Å². The predicted molar refractivity (Wildman–Crippen MR) is 65.5 cm³/mol. The highest BCUT2D eigenvalue weighted by molar-refractivity contribution is 6.30. The summed E-state index contributed by atoms with van der Waals surface area (Å²) < 4.78 is 10.2. The van der Waals surface area contributed by atoms with Crippen LogP contribution in [-0.2, 0) is 6.61 Å². The van der Waals surface area contributed by atoms with Gasteiger partial charge >= 0.3 is 0 Å². The quantitative estimate of drug-likeness (QED) is 0.923. The van der Waals surface area contributed by atoms with Crippen molar-refractivity contribution in [2.24, 2.45) is 0 Å². The molecule has 0 amide bonds. The Balaban J connectivity index is 2.16. The molecule has 0 saturated carbocycles. The summed E-state index contributed by atoms with van der Waals surface area (Å²) in [5.74, 6) is 0.566. The average Bonchev–Trinajstić information content (AvgIpc) is 2.73. The molecule has 1 atom stereocenters. The van der Waals surface area contributed by atoms with Crippen molar-refractivity contribution in [2.75, 3.05) is 0 Å². The molecule has 1 heterocycles. The second-order valence-electron chi connectivity index (χ2n) is 3.94. The van der Waals surface area contributed by atoms with Crippen molar-refractivity contribution >= 4 is 11.6 Å². The van der Waals surface area contributed by atoms with Gasteiger partial charge in [0.2, 0.25) is 0 Å². The zero-order valence-corrected chi connectivity index (χ0v) is 10.8. The normalized spacial score (nSPS) is 12.4. The van der Waals surface area contributed by atoms with Gasteiger partial charge in [-0.05, 0) is 32.0 Å². The van der Waals surface area contributed by atoms with Crippen LogP contribution in [0.3, 0.4) is 0 Å². The third-order valence-electron chi connectivity index (χ3n) is 2.53. The average molecular weight is 269 g/mol.